The Morgan fingerprint density at radius 3 is 2.69 bits per heavy atom. The third-order valence-corrected chi connectivity index (χ3v) is 4.77. The van der Waals surface area contributed by atoms with Crippen molar-refractivity contribution in [3.8, 4) is 11.5 Å². The highest BCUT2D eigenvalue weighted by molar-refractivity contribution is 6.00. The molecule has 0 bridgehead atoms. The minimum Gasteiger partial charge on any atom is -0.489 e. The fraction of sp³-hybridized carbons (Fsp3) is 0.136. The monoisotopic (exact) mass is 389 g/mol. The number of anilines is 1. The minimum absolute atomic E-state index is 0.0129. The van der Waals surface area contributed by atoms with Crippen molar-refractivity contribution in [3.63, 3.8) is 0 Å². The zero-order valence-corrected chi connectivity index (χ0v) is 15.5. The van der Waals surface area contributed by atoms with Gasteiger partial charge in [-0.3, -0.25) is 14.6 Å². The number of pyridine rings is 1. The van der Waals surface area contributed by atoms with E-state index in [0.29, 0.717) is 34.9 Å². The van der Waals surface area contributed by atoms with Crippen molar-refractivity contribution < 1.29 is 19.1 Å². The smallest absolute Gasteiger partial charge is 0.248 e. The number of aromatic nitrogens is 1. The van der Waals surface area contributed by atoms with Crippen LogP contribution in [0.25, 0.3) is 0 Å². The van der Waals surface area contributed by atoms with Crippen molar-refractivity contribution in [1.29, 1.82) is 0 Å². The van der Waals surface area contributed by atoms with E-state index in [4.69, 9.17) is 20.9 Å². The van der Waals surface area contributed by atoms with Gasteiger partial charge in [0.25, 0.3) is 0 Å². The minimum atomic E-state index is -0.474. The van der Waals surface area contributed by atoms with Gasteiger partial charge in [0.15, 0.2) is 5.78 Å². The van der Waals surface area contributed by atoms with Gasteiger partial charge in [0, 0.05) is 23.4 Å². The van der Waals surface area contributed by atoms with Gasteiger partial charge in [-0.25, -0.2) is 0 Å². The average Bonchev–Trinajstić information content (AvgIpc) is 2.72. The third-order valence-electron chi connectivity index (χ3n) is 4.77. The lowest BCUT2D eigenvalue weighted by Crippen LogP contribution is -2.21. The molecule has 0 saturated carbocycles. The van der Waals surface area contributed by atoms with Crippen LogP contribution in [0.5, 0.6) is 11.5 Å². The first-order valence-electron chi connectivity index (χ1n) is 9.06. The molecule has 1 aliphatic rings. The zero-order valence-electron chi connectivity index (χ0n) is 15.5. The van der Waals surface area contributed by atoms with Crippen molar-refractivity contribution in [2.45, 2.75) is 19.1 Å². The molecule has 7 nitrogen and oxygen atoms in total. The van der Waals surface area contributed by atoms with Crippen molar-refractivity contribution in [2.75, 3.05) is 5.73 Å². The standard InChI is InChI=1S/C22H19N3O4/c23-18-11-25-8-7-16(18)21-10-19(26)17-6-5-15(9-20(17)29-21)28-12-13-1-3-14(4-2-13)22(24)27/h1-9,11,21H,10,12,23H2,(H2,24,27). The lowest BCUT2D eigenvalue weighted by molar-refractivity contribution is 0.0849. The number of hydrogen-bond acceptors (Lipinski definition) is 6. The third kappa shape index (κ3) is 3.89. The molecule has 1 amide bonds. The van der Waals surface area contributed by atoms with Crippen molar-refractivity contribution >= 4 is 17.4 Å². The van der Waals surface area contributed by atoms with Crippen molar-refractivity contribution in [3.05, 3.63) is 83.2 Å². The lowest BCUT2D eigenvalue weighted by atomic mass is 9.96. The molecular formula is C22H19N3O4. The number of fused-ring (bicyclic) bond motifs is 1. The SMILES string of the molecule is NC(=O)c1ccc(COc2ccc3c(c2)OC(c2ccncc2N)CC3=O)cc1. The van der Waals surface area contributed by atoms with Crippen LogP contribution in [0.15, 0.2) is 60.9 Å². The Kier molecular flexibility index (Phi) is 4.87. The lowest BCUT2D eigenvalue weighted by Gasteiger charge is -2.26. The summed E-state index contributed by atoms with van der Waals surface area (Å²) < 4.78 is 11.9. The van der Waals surface area contributed by atoms with Crippen LogP contribution in [0.4, 0.5) is 5.69 Å². The molecular weight excluding hydrogens is 370 g/mol. The normalized spacial score (nSPS) is 15.3. The summed E-state index contributed by atoms with van der Waals surface area (Å²) in [5.74, 6) is 0.544. The average molecular weight is 389 g/mol. The van der Waals surface area contributed by atoms with Gasteiger partial charge in [0.05, 0.1) is 23.9 Å². The van der Waals surface area contributed by atoms with Crippen molar-refractivity contribution in [2.24, 2.45) is 5.73 Å². The Hall–Kier alpha value is -3.87. The van der Waals surface area contributed by atoms with Crippen LogP contribution in [0.2, 0.25) is 0 Å². The van der Waals surface area contributed by atoms with Crippen LogP contribution in [0, 0.1) is 0 Å². The molecule has 2 aromatic carbocycles. The first-order chi connectivity index (χ1) is 14.0. The summed E-state index contributed by atoms with van der Waals surface area (Å²) in [5.41, 5.74) is 14.3. The van der Waals surface area contributed by atoms with Gasteiger partial charge < -0.3 is 20.9 Å². The fourth-order valence-electron chi connectivity index (χ4n) is 3.21. The number of ether oxygens (including phenoxy) is 2. The van der Waals surface area contributed by atoms with E-state index in [0.717, 1.165) is 11.1 Å². The van der Waals surface area contributed by atoms with Gasteiger partial charge in [-0.15, -0.1) is 0 Å². The Morgan fingerprint density at radius 2 is 1.97 bits per heavy atom. The topological polar surface area (TPSA) is 118 Å². The Balaban J connectivity index is 1.50. The summed E-state index contributed by atoms with van der Waals surface area (Å²) in [7, 11) is 0. The maximum Gasteiger partial charge on any atom is 0.248 e. The number of nitrogens with two attached hydrogens (primary N) is 2. The van der Waals surface area contributed by atoms with Gasteiger partial charge in [0.1, 0.15) is 24.2 Å². The largest absolute Gasteiger partial charge is 0.489 e. The number of Topliss-reactive ketones (excluding diaryl/α,β-unsaturated/α-hetero) is 1. The number of benzene rings is 2. The molecule has 1 atom stereocenters. The highest BCUT2D eigenvalue weighted by atomic mass is 16.5. The summed E-state index contributed by atoms with van der Waals surface area (Å²) in [6, 6.07) is 13.8. The molecule has 1 unspecified atom stereocenters. The van der Waals surface area contributed by atoms with Crippen LogP contribution < -0.4 is 20.9 Å². The predicted molar refractivity (Wildman–Crippen MR) is 107 cm³/mol. The second-order valence-corrected chi connectivity index (χ2v) is 6.75. The number of rotatable bonds is 5. The molecule has 0 fully saturated rings. The first kappa shape index (κ1) is 18.5. The number of primary amides is 1. The van der Waals surface area contributed by atoms with E-state index in [1.54, 1.807) is 60.9 Å². The van der Waals surface area contributed by atoms with Crippen LogP contribution in [-0.4, -0.2) is 16.7 Å². The van der Waals surface area contributed by atoms with Gasteiger partial charge in [-0.2, -0.15) is 0 Å². The number of nitrogen functional groups attached to an aromatic ring is 1. The van der Waals surface area contributed by atoms with E-state index >= 15 is 0 Å². The number of hydrogen-bond donors (Lipinski definition) is 2. The maximum atomic E-state index is 12.5. The molecule has 0 saturated heterocycles. The summed E-state index contributed by atoms with van der Waals surface area (Å²) in [5, 5.41) is 0. The van der Waals surface area contributed by atoms with E-state index in [1.165, 1.54) is 0 Å². The van der Waals surface area contributed by atoms with E-state index in [-0.39, 0.29) is 12.2 Å². The van der Waals surface area contributed by atoms with E-state index in [9.17, 15) is 9.59 Å². The highest BCUT2D eigenvalue weighted by Gasteiger charge is 2.29. The zero-order chi connectivity index (χ0) is 20.4. The maximum absolute atomic E-state index is 12.5. The van der Waals surface area contributed by atoms with Crippen LogP contribution in [-0.2, 0) is 6.61 Å². The predicted octanol–water partition coefficient (Wildman–Crippen LogP) is 3.05. The van der Waals surface area contributed by atoms with Crippen molar-refractivity contribution in [1.82, 2.24) is 4.98 Å². The molecule has 1 aliphatic heterocycles. The summed E-state index contributed by atoms with van der Waals surface area (Å²) in [4.78, 5) is 27.7. The molecule has 0 aliphatic carbocycles. The first-order valence-corrected chi connectivity index (χ1v) is 9.06. The molecule has 4 N–H and O–H groups in total. The van der Waals surface area contributed by atoms with Gasteiger partial charge in [0.2, 0.25) is 5.91 Å². The molecule has 29 heavy (non-hydrogen) atoms. The number of nitrogens with zero attached hydrogens (tertiary/aromatic N) is 1. The second kappa shape index (κ2) is 7.63. The molecule has 0 spiro atoms. The summed E-state index contributed by atoms with van der Waals surface area (Å²) in [6.45, 7) is 0.298. The van der Waals surface area contributed by atoms with E-state index in [2.05, 4.69) is 4.98 Å². The van der Waals surface area contributed by atoms with Gasteiger partial charge in [-0.05, 0) is 35.9 Å². The fourth-order valence-corrected chi connectivity index (χ4v) is 3.21. The van der Waals surface area contributed by atoms with Crippen LogP contribution in [0.3, 0.4) is 0 Å². The Bertz CT molecular complexity index is 1080. The van der Waals surface area contributed by atoms with E-state index in [1.807, 2.05) is 0 Å². The van der Waals surface area contributed by atoms with E-state index < -0.39 is 12.0 Å². The molecule has 146 valence electrons. The molecule has 4 rings (SSSR count). The number of carbonyl (C=O) groups is 2. The Labute approximate surface area is 167 Å². The number of ketones is 1. The second-order valence-electron chi connectivity index (χ2n) is 6.75. The molecule has 3 aromatic rings. The number of carbonyl (C=O) groups excluding carboxylic acids is 2. The van der Waals surface area contributed by atoms with Crippen LogP contribution >= 0.6 is 0 Å². The Morgan fingerprint density at radius 1 is 1.17 bits per heavy atom. The summed E-state index contributed by atoms with van der Waals surface area (Å²) in [6.07, 6.45) is 2.92. The molecule has 2 heterocycles. The molecule has 7 heteroatoms. The van der Waals surface area contributed by atoms with Gasteiger partial charge >= 0.3 is 0 Å². The molecule has 0 radical (unpaired) electrons. The quantitative estimate of drug-likeness (QED) is 0.692. The molecule has 1 aromatic heterocycles. The number of amides is 1. The summed E-state index contributed by atoms with van der Waals surface area (Å²) >= 11 is 0. The van der Waals surface area contributed by atoms with Crippen LogP contribution in [0.1, 0.15) is 44.4 Å². The highest BCUT2D eigenvalue weighted by Crippen LogP contribution is 2.38. The van der Waals surface area contributed by atoms with Gasteiger partial charge in [-0.1, -0.05) is 12.1 Å².